The standard InChI is InChI=1S/C22H23NO5/c1-16-20(27-14-13-26-17-5-3-2-4-6-17)8-7-18-19(24)15-21(28-22(16)18)23-9-11-25-12-10-23/h2-8,15H,9-14H2,1H3. The van der Waals surface area contributed by atoms with Crippen LogP contribution in [0.15, 0.2) is 57.7 Å². The lowest BCUT2D eigenvalue weighted by atomic mass is 10.1. The monoisotopic (exact) mass is 381 g/mol. The van der Waals surface area contributed by atoms with Crippen molar-refractivity contribution in [3.8, 4) is 11.5 Å². The molecule has 1 saturated heterocycles. The van der Waals surface area contributed by atoms with Crippen molar-refractivity contribution in [3.63, 3.8) is 0 Å². The van der Waals surface area contributed by atoms with Crippen molar-refractivity contribution in [1.29, 1.82) is 0 Å². The van der Waals surface area contributed by atoms with Gasteiger partial charge < -0.3 is 23.5 Å². The zero-order valence-corrected chi connectivity index (χ0v) is 15.8. The van der Waals surface area contributed by atoms with E-state index in [4.69, 9.17) is 18.6 Å². The molecule has 1 aromatic heterocycles. The number of morpholine rings is 1. The summed E-state index contributed by atoms with van der Waals surface area (Å²) < 4.78 is 23.0. The molecule has 28 heavy (non-hydrogen) atoms. The predicted octanol–water partition coefficient (Wildman–Crippen LogP) is 3.40. The molecule has 1 aliphatic heterocycles. The minimum Gasteiger partial charge on any atom is -0.490 e. The Morgan fingerprint density at radius 3 is 2.54 bits per heavy atom. The minimum absolute atomic E-state index is 0.0511. The Labute approximate surface area is 163 Å². The Kier molecular flexibility index (Phi) is 5.48. The Hall–Kier alpha value is -2.99. The van der Waals surface area contributed by atoms with Crippen LogP contribution >= 0.6 is 0 Å². The van der Waals surface area contributed by atoms with Gasteiger partial charge in [0.2, 0.25) is 0 Å². The highest BCUT2D eigenvalue weighted by Crippen LogP contribution is 2.29. The third-order valence-corrected chi connectivity index (χ3v) is 4.76. The summed E-state index contributed by atoms with van der Waals surface area (Å²) in [4.78, 5) is 14.6. The molecule has 3 aromatic rings. The first-order valence-electron chi connectivity index (χ1n) is 9.43. The number of hydrogen-bond acceptors (Lipinski definition) is 6. The molecule has 0 amide bonds. The van der Waals surface area contributed by atoms with Gasteiger partial charge in [0.15, 0.2) is 11.3 Å². The number of nitrogens with zero attached hydrogens (tertiary/aromatic N) is 1. The summed E-state index contributed by atoms with van der Waals surface area (Å²) in [6.45, 7) is 5.41. The zero-order chi connectivity index (χ0) is 19.3. The van der Waals surface area contributed by atoms with Crippen molar-refractivity contribution in [2.75, 3.05) is 44.4 Å². The highest BCUT2D eigenvalue weighted by molar-refractivity contribution is 5.82. The molecule has 0 aliphatic carbocycles. The van der Waals surface area contributed by atoms with Crippen molar-refractivity contribution in [2.24, 2.45) is 0 Å². The summed E-state index contributed by atoms with van der Waals surface area (Å²) in [6, 6.07) is 14.7. The van der Waals surface area contributed by atoms with Crippen LogP contribution in [0, 0.1) is 6.92 Å². The van der Waals surface area contributed by atoms with Crippen LogP contribution in [0.3, 0.4) is 0 Å². The molecule has 0 spiro atoms. The second-order valence-corrected chi connectivity index (χ2v) is 6.62. The number of fused-ring (bicyclic) bond motifs is 1. The number of anilines is 1. The second kappa shape index (κ2) is 8.35. The van der Waals surface area contributed by atoms with E-state index in [0.717, 1.165) is 11.3 Å². The van der Waals surface area contributed by atoms with Gasteiger partial charge in [-0.05, 0) is 31.2 Å². The molecular formula is C22H23NO5. The third-order valence-electron chi connectivity index (χ3n) is 4.76. The number of rotatable bonds is 6. The van der Waals surface area contributed by atoms with Crippen LogP contribution in [0.5, 0.6) is 11.5 Å². The van der Waals surface area contributed by atoms with Crippen LogP contribution in [0.1, 0.15) is 5.56 Å². The van der Waals surface area contributed by atoms with Crippen molar-refractivity contribution in [3.05, 3.63) is 64.3 Å². The molecular weight excluding hydrogens is 358 g/mol. The molecule has 0 atom stereocenters. The number of aryl methyl sites for hydroxylation is 1. The molecule has 1 aliphatic rings. The summed E-state index contributed by atoms with van der Waals surface area (Å²) in [6.07, 6.45) is 0. The normalized spacial score (nSPS) is 14.2. The van der Waals surface area contributed by atoms with Crippen molar-refractivity contribution >= 4 is 16.9 Å². The fourth-order valence-electron chi connectivity index (χ4n) is 3.25. The van der Waals surface area contributed by atoms with Crippen molar-refractivity contribution < 1.29 is 18.6 Å². The quantitative estimate of drug-likeness (QED) is 0.610. The van der Waals surface area contributed by atoms with Crippen LogP contribution < -0.4 is 19.8 Å². The van der Waals surface area contributed by atoms with Crippen molar-refractivity contribution in [1.82, 2.24) is 0 Å². The van der Waals surface area contributed by atoms with E-state index in [2.05, 4.69) is 0 Å². The summed E-state index contributed by atoms with van der Waals surface area (Å²) in [7, 11) is 0. The van der Waals surface area contributed by atoms with Gasteiger partial charge >= 0.3 is 0 Å². The van der Waals surface area contributed by atoms with E-state index in [-0.39, 0.29) is 5.43 Å². The SMILES string of the molecule is Cc1c(OCCOc2ccccc2)ccc2c(=O)cc(N3CCOCC3)oc12. The average molecular weight is 381 g/mol. The van der Waals surface area contributed by atoms with E-state index in [1.165, 1.54) is 0 Å². The molecule has 2 heterocycles. The fourth-order valence-corrected chi connectivity index (χ4v) is 3.25. The Bertz CT molecular complexity index is 993. The van der Waals surface area contributed by atoms with Crippen LogP contribution in [-0.2, 0) is 4.74 Å². The minimum atomic E-state index is -0.0511. The lowest BCUT2D eigenvalue weighted by Crippen LogP contribution is -2.36. The summed E-state index contributed by atoms with van der Waals surface area (Å²) >= 11 is 0. The molecule has 6 heteroatoms. The van der Waals surface area contributed by atoms with Gasteiger partial charge in [0.05, 0.1) is 18.6 Å². The first-order valence-corrected chi connectivity index (χ1v) is 9.43. The zero-order valence-electron chi connectivity index (χ0n) is 15.8. The largest absolute Gasteiger partial charge is 0.490 e. The van der Waals surface area contributed by atoms with Gasteiger partial charge in [0.25, 0.3) is 0 Å². The molecule has 6 nitrogen and oxygen atoms in total. The van der Waals surface area contributed by atoms with E-state index >= 15 is 0 Å². The van der Waals surface area contributed by atoms with Gasteiger partial charge in [-0.1, -0.05) is 18.2 Å². The van der Waals surface area contributed by atoms with E-state index in [1.807, 2.05) is 48.2 Å². The number of ether oxygens (including phenoxy) is 3. The average Bonchev–Trinajstić information content (AvgIpc) is 2.74. The van der Waals surface area contributed by atoms with E-state index < -0.39 is 0 Å². The molecule has 2 aromatic carbocycles. The van der Waals surface area contributed by atoms with Crippen molar-refractivity contribution in [2.45, 2.75) is 6.92 Å². The first-order chi connectivity index (χ1) is 13.7. The van der Waals surface area contributed by atoms with Crippen LogP contribution in [0.25, 0.3) is 11.0 Å². The third kappa shape index (κ3) is 3.97. The fraction of sp³-hybridized carbons (Fsp3) is 0.318. The summed E-state index contributed by atoms with van der Waals surface area (Å²) in [5.74, 6) is 2.07. The Morgan fingerprint density at radius 2 is 1.75 bits per heavy atom. The smallest absolute Gasteiger partial charge is 0.200 e. The molecule has 0 unspecified atom stereocenters. The molecule has 0 radical (unpaired) electrons. The van der Waals surface area contributed by atoms with Gasteiger partial charge in [0, 0.05) is 24.7 Å². The highest BCUT2D eigenvalue weighted by atomic mass is 16.5. The van der Waals surface area contributed by atoms with Crippen LogP contribution in [0.4, 0.5) is 5.88 Å². The van der Waals surface area contributed by atoms with Gasteiger partial charge in [-0.3, -0.25) is 4.79 Å². The summed E-state index contributed by atoms with van der Waals surface area (Å²) in [5, 5.41) is 0.558. The first kappa shape index (κ1) is 18.4. The van der Waals surface area contributed by atoms with E-state index in [0.29, 0.717) is 62.1 Å². The maximum Gasteiger partial charge on any atom is 0.200 e. The van der Waals surface area contributed by atoms with Gasteiger partial charge in [0.1, 0.15) is 30.3 Å². The molecule has 4 rings (SSSR count). The molecule has 0 N–H and O–H groups in total. The Morgan fingerprint density at radius 1 is 1.00 bits per heavy atom. The van der Waals surface area contributed by atoms with Gasteiger partial charge in [-0.25, -0.2) is 0 Å². The lowest BCUT2D eigenvalue weighted by Gasteiger charge is -2.27. The topological polar surface area (TPSA) is 61.1 Å². The van der Waals surface area contributed by atoms with Crippen LogP contribution in [-0.4, -0.2) is 39.5 Å². The number of para-hydroxylation sites is 1. The van der Waals surface area contributed by atoms with Crippen LogP contribution in [0.2, 0.25) is 0 Å². The maximum absolute atomic E-state index is 12.5. The summed E-state index contributed by atoms with van der Waals surface area (Å²) in [5.41, 5.74) is 1.32. The molecule has 0 saturated carbocycles. The van der Waals surface area contributed by atoms with E-state index in [9.17, 15) is 4.79 Å². The number of hydrogen-bond donors (Lipinski definition) is 0. The predicted molar refractivity (Wildman–Crippen MR) is 108 cm³/mol. The number of benzene rings is 2. The lowest BCUT2D eigenvalue weighted by molar-refractivity contribution is 0.121. The highest BCUT2D eigenvalue weighted by Gasteiger charge is 2.17. The second-order valence-electron chi connectivity index (χ2n) is 6.62. The Balaban J connectivity index is 1.51. The molecule has 1 fully saturated rings. The van der Waals surface area contributed by atoms with Gasteiger partial charge in [-0.2, -0.15) is 0 Å². The molecule has 0 bridgehead atoms. The van der Waals surface area contributed by atoms with Gasteiger partial charge in [-0.15, -0.1) is 0 Å². The maximum atomic E-state index is 12.5. The molecule has 146 valence electrons. The van der Waals surface area contributed by atoms with E-state index in [1.54, 1.807) is 12.1 Å².